The van der Waals surface area contributed by atoms with E-state index in [0.29, 0.717) is 6.61 Å². The number of rotatable bonds is 4. The molecule has 3 N–H and O–H groups in total. The maximum absolute atomic E-state index is 12.5. The van der Waals surface area contributed by atoms with Gasteiger partial charge in [-0.05, 0) is 74.9 Å². The molecule has 2 unspecified atom stereocenters. The van der Waals surface area contributed by atoms with Crippen molar-refractivity contribution in [2.24, 2.45) is 11.3 Å². The van der Waals surface area contributed by atoms with E-state index in [9.17, 15) is 9.59 Å². The quantitative estimate of drug-likeness (QED) is 0.782. The van der Waals surface area contributed by atoms with E-state index >= 15 is 0 Å². The summed E-state index contributed by atoms with van der Waals surface area (Å²) in [6.45, 7) is 2.69. The fourth-order valence-corrected chi connectivity index (χ4v) is 4.07. The second-order valence-corrected chi connectivity index (χ2v) is 7.43. The lowest BCUT2D eigenvalue weighted by Gasteiger charge is -2.23. The maximum Gasteiger partial charge on any atom is 0.253 e. The van der Waals surface area contributed by atoms with Gasteiger partial charge in [0.2, 0.25) is 5.91 Å². The van der Waals surface area contributed by atoms with Crippen molar-refractivity contribution in [1.29, 1.82) is 0 Å². The zero-order chi connectivity index (χ0) is 17.3. The zero-order valence-electron chi connectivity index (χ0n) is 14.3. The van der Waals surface area contributed by atoms with Crippen molar-refractivity contribution >= 4 is 23.2 Å². The largest absolute Gasteiger partial charge is 0.368 e. The molecule has 1 aromatic carbocycles. The van der Waals surface area contributed by atoms with Crippen LogP contribution in [0.15, 0.2) is 24.3 Å². The molecule has 1 aromatic rings. The van der Waals surface area contributed by atoms with Crippen LogP contribution in [0.4, 0.5) is 11.4 Å². The Morgan fingerprint density at radius 1 is 1.04 bits per heavy atom. The summed E-state index contributed by atoms with van der Waals surface area (Å²) < 4.78 is 5.38. The molecule has 2 atom stereocenters. The summed E-state index contributed by atoms with van der Waals surface area (Å²) in [6, 6.07) is 7.30. The zero-order valence-corrected chi connectivity index (χ0v) is 14.3. The Labute approximate surface area is 147 Å². The van der Waals surface area contributed by atoms with Gasteiger partial charge < -0.3 is 20.7 Å². The summed E-state index contributed by atoms with van der Waals surface area (Å²) in [7, 11) is 0. The van der Waals surface area contributed by atoms with Gasteiger partial charge >= 0.3 is 0 Å². The number of hydrogen-bond donors (Lipinski definition) is 3. The van der Waals surface area contributed by atoms with E-state index in [4.69, 9.17) is 4.74 Å². The molecule has 2 saturated heterocycles. The first-order valence-electron chi connectivity index (χ1n) is 9.20. The van der Waals surface area contributed by atoms with E-state index < -0.39 is 0 Å². The van der Waals surface area contributed by atoms with Crippen LogP contribution in [-0.2, 0) is 14.3 Å². The molecule has 3 fully saturated rings. The van der Waals surface area contributed by atoms with Crippen LogP contribution in [-0.4, -0.2) is 37.6 Å². The average Bonchev–Trinajstić information content (AvgIpc) is 3.07. The van der Waals surface area contributed by atoms with Crippen molar-refractivity contribution in [1.82, 2.24) is 5.32 Å². The number of anilines is 2. The molecule has 0 bridgehead atoms. The number of hydrogen-bond acceptors (Lipinski definition) is 4. The SMILES string of the molecule is O=C(Nc1ccc(NC(=O)C2CC23CCNCC3)cc1)C1CCCO1. The molecule has 4 rings (SSSR count). The standard InChI is InChI=1S/C19H25N3O3/c23-17(15-12-19(15)7-9-20-10-8-19)21-13-3-5-14(6-4-13)22-18(24)16-2-1-11-25-16/h3-6,15-16,20H,1-2,7-12H2,(H,21,23)(H,22,24). The van der Waals surface area contributed by atoms with Crippen LogP contribution in [0, 0.1) is 11.3 Å². The summed E-state index contributed by atoms with van der Waals surface area (Å²) in [5, 5.41) is 9.23. The third-order valence-corrected chi connectivity index (χ3v) is 5.75. The van der Waals surface area contributed by atoms with Gasteiger partial charge in [-0.25, -0.2) is 0 Å². The van der Waals surface area contributed by atoms with E-state index in [1.807, 2.05) is 24.3 Å². The number of nitrogens with one attached hydrogen (secondary N) is 3. The molecule has 6 heteroatoms. The van der Waals surface area contributed by atoms with Gasteiger partial charge in [-0.3, -0.25) is 9.59 Å². The van der Waals surface area contributed by atoms with E-state index in [0.717, 1.165) is 56.6 Å². The van der Waals surface area contributed by atoms with Gasteiger partial charge in [-0.1, -0.05) is 0 Å². The van der Waals surface area contributed by atoms with Crippen molar-refractivity contribution in [3.8, 4) is 0 Å². The predicted octanol–water partition coefficient (Wildman–Crippen LogP) is 2.13. The maximum atomic E-state index is 12.5. The minimum Gasteiger partial charge on any atom is -0.368 e. The first kappa shape index (κ1) is 16.5. The fraction of sp³-hybridized carbons (Fsp3) is 0.579. The second-order valence-electron chi connectivity index (χ2n) is 7.43. The summed E-state index contributed by atoms with van der Waals surface area (Å²) in [5.74, 6) is 0.173. The van der Waals surface area contributed by atoms with Gasteiger partial charge in [0.05, 0.1) is 0 Å². The number of piperidine rings is 1. The molecule has 0 aromatic heterocycles. The van der Waals surface area contributed by atoms with Gasteiger partial charge in [-0.15, -0.1) is 0 Å². The number of benzene rings is 1. The van der Waals surface area contributed by atoms with Crippen LogP contribution < -0.4 is 16.0 Å². The fourth-order valence-electron chi connectivity index (χ4n) is 4.07. The lowest BCUT2D eigenvalue weighted by atomic mass is 9.92. The molecular weight excluding hydrogens is 318 g/mol. The highest BCUT2D eigenvalue weighted by atomic mass is 16.5. The molecular formula is C19H25N3O3. The van der Waals surface area contributed by atoms with Crippen LogP contribution >= 0.6 is 0 Å². The van der Waals surface area contributed by atoms with Crippen molar-refractivity contribution in [2.45, 2.75) is 38.2 Å². The molecule has 3 aliphatic rings. The molecule has 25 heavy (non-hydrogen) atoms. The molecule has 1 saturated carbocycles. The van der Waals surface area contributed by atoms with Crippen LogP contribution in [0.25, 0.3) is 0 Å². The van der Waals surface area contributed by atoms with Crippen LogP contribution in [0.2, 0.25) is 0 Å². The Morgan fingerprint density at radius 2 is 1.68 bits per heavy atom. The van der Waals surface area contributed by atoms with Crippen LogP contribution in [0.1, 0.15) is 32.1 Å². The Hall–Kier alpha value is -1.92. The summed E-state index contributed by atoms with van der Waals surface area (Å²) in [6.07, 6.45) is 4.57. The Balaban J connectivity index is 1.30. The van der Waals surface area contributed by atoms with Crippen molar-refractivity contribution < 1.29 is 14.3 Å². The molecule has 2 amide bonds. The molecule has 1 spiro atoms. The Morgan fingerprint density at radius 3 is 2.28 bits per heavy atom. The first-order chi connectivity index (χ1) is 12.2. The topological polar surface area (TPSA) is 79.5 Å². The monoisotopic (exact) mass is 343 g/mol. The number of ether oxygens (including phenoxy) is 1. The van der Waals surface area contributed by atoms with E-state index in [2.05, 4.69) is 16.0 Å². The summed E-state index contributed by atoms with van der Waals surface area (Å²) in [5.41, 5.74) is 1.74. The van der Waals surface area contributed by atoms with Crippen molar-refractivity contribution in [2.75, 3.05) is 30.3 Å². The van der Waals surface area contributed by atoms with Gasteiger partial charge in [0.1, 0.15) is 6.10 Å². The van der Waals surface area contributed by atoms with E-state index in [1.54, 1.807) is 0 Å². The van der Waals surface area contributed by atoms with Gasteiger partial charge in [0.15, 0.2) is 0 Å². The smallest absolute Gasteiger partial charge is 0.253 e. The summed E-state index contributed by atoms with van der Waals surface area (Å²) in [4.78, 5) is 24.5. The van der Waals surface area contributed by atoms with E-state index in [-0.39, 0.29) is 29.3 Å². The summed E-state index contributed by atoms with van der Waals surface area (Å²) >= 11 is 0. The van der Waals surface area contributed by atoms with Crippen LogP contribution in [0.5, 0.6) is 0 Å². The molecule has 0 radical (unpaired) electrons. The molecule has 134 valence electrons. The van der Waals surface area contributed by atoms with Crippen molar-refractivity contribution in [3.05, 3.63) is 24.3 Å². The highest BCUT2D eigenvalue weighted by Gasteiger charge is 2.57. The minimum absolute atomic E-state index is 0.0971. The van der Waals surface area contributed by atoms with E-state index in [1.165, 1.54) is 0 Å². The molecule has 2 aliphatic heterocycles. The minimum atomic E-state index is -0.338. The lowest BCUT2D eigenvalue weighted by Crippen LogP contribution is -2.31. The number of carbonyl (C=O) groups excluding carboxylic acids is 2. The predicted molar refractivity (Wildman–Crippen MR) is 95.3 cm³/mol. The lowest BCUT2D eigenvalue weighted by molar-refractivity contribution is -0.124. The van der Waals surface area contributed by atoms with Crippen molar-refractivity contribution in [3.63, 3.8) is 0 Å². The van der Waals surface area contributed by atoms with Gasteiger partial charge in [0.25, 0.3) is 5.91 Å². The Bertz CT molecular complexity index is 646. The molecule has 6 nitrogen and oxygen atoms in total. The Kier molecular flexibility index (Phi) is 4.48. The second kappa shape index (κ2) is 6.77. The van der Waals surface area contributed by atoms with Gasteiger partial charge in [0, 0.05) is 23.9 Å². The third kappa shape index (κ3) is 3.55. The number of amides is 2. The average molecular weight is 343 g/mol. The van der Waals surface area contributed by atoms with Gasteiger partial charge in [-0.2, -0.15) is 0 Å². The normalized spacial score (nSPS) is 27.0. The first-order valence-corrected chi connectivity index (χ1v) is 9.20. The highest BCUT2D eigenvalue weighted by Crippen LogP contribution is 2.58. The molecule has 2 heterocycles. The third-order valence-electron chi connectivity index (χ3n) is 5.75. The molecule has 1 aliphatic carbocycles. The number of carbonyl (C=O) groups is 2. The van der Waals surface area contributed by atoms with Crippen LogP contribution in [0.3, 0.4) is 0 Å². The highest BCUT2D eigenvalue weighted by molar-refractivity contribution is 5.96.